The van der Waals surface area contributed by atoms with E-state index in [1.165, 1.54) is 17.5 Å². The second-order valence-corrected chi connectivity index (χ2v) is 8.15. The highest BCUT2D eigenvalue weighted by Crippen LogP contribution is 2.38. The molecule has 0 unspecified atom stereocenters. The van der Waals surface area contributed by atoms with Gasteiger partial charge in [0.1, 0.15) is 5.75 Å². The lowest BCUT2D eigenvalue weighted by atomic mass is 10.0. The number of allylic oxidation sites excluding steroid dienone is 1. The maximum absolute atomic E-state index is 12.2. The van der Waals surface area contributed by atoms with Crippen LogP contribution in [0.1, 0.15) is 44.6 Å². The Hall–Kier alpha value is -1.38. The van der Waals surface area contributed by atoms with Gasteiger partial charge in [-0.25, -0.2) is 8.42 Å². The zero-order valence-electron chi connectivity index (χ0n) is 12.3. The summed E-state index contributed by atoms with van der Waals surface area (Å²) in [5.74, 6) is -0.106. The van der Waals surface area contributed by atoms with E-state index in [1.807, 2.05) is 0 Å². The summed E-state index contributed by atoms with van der Waals surface area (Å²) < 4.78 is 50.7. The van der Waals surface area contributed by atoms with Crippen molar-refractivity contribution in [1.82, 2.24) is 0 Å². The highest BCUT2D eigenvalue weighted by molar-refractivity contribution is 7.95. The van der Waals surface area contributed by atoms with Crippen molar-refractivity contribution in [1.29, 1.82) is 0 Å². The van der Waals surface area contributed by atoms with Crippen molar-refractivity contribution < 1.29 is 21.0 Å². The van der Waals surface area contributed by atoms with E-state index in [1.54, 1.807) is 6.07 Å². The van der Waals surface area contributed by atoms with Gasteiger partial charge >= 0.3 is 10.3 Å². The number of rotatable bonds is 7. The second-order valence-electron chi connectivity index (χ2n) is 5.23. The molecule has 122 valence electrons. The van der Waals surface area contributed by atoms with Crippen LogP contribution in [0.2, 0.25) is 0 Å². The van der Waals surface area contributed by atoms with E-state index in [0.29, 0.717) is 12.0 Å². The standard InChI is InChI=1S/C14H19NO5S2/c1-2-3-4-5-6-11-10-21(16,17)14-9-12(7-8-13(11)14)20-22(15,18)19/h7-10H,2-6H2,1H3,(H2,15,18,19). The predicted octanol–water partition coefficient (Wildman–Crippen LogP) is 2.37. The number of unbranched alkanes of at least 4 members (excludes halogenated alkanes) is 3. The second kappa shape index (κ2) is 6.39. The van der Waals surface area contributed by atoms with Gasteiger partial charge < -0.3 is 4.18 Å². The zero-order valence-corrected chi connectivity index (χ0v) is 13.9. The minimum Gasteiger partial charge on any atom is -0.371 e. The number of fused-ring (bicyclic) bond motifs is 1. The first-order chi connectivity index (χ1) is 10.2. The molecule has 1 aliphatic heterocycles. The van der Waals surface area contributed by atoms with Gasteiger partial charge in [0.2, 0.25) is 9.84 Å². The quantitative estimate of drug-likeness (QED) is 0.764. The normalized spacial score (nSPS) is 16.2. The van der Waals surface area contributed by atoms with Crippen molar-refractivity contribution in [2.45, 2.75) is 43.9 Å². The number of sulfone groups is 1. The topological polar surface area (TPSA) is 104 Å². The van der Waals surface area contributed by atoms with E-state index in [-0.39, 0.29) is 10.6 Å². The highest BCUT2D eigenvalue weighted by atomic mass is 32.2. The van der Waals surface area contributed by atoms with Gasteiger partial charge in [0, 0.05) is 11.5 Å². The highest BCUT2D eigenvalue weighted by Gasteiger charge is 2.27. The van der Waals surface area contributed by atoms with Crippen LogP contribution in [0.15, 0.2) is 28.5 Å². The molecule has 0 radical (unpaired) electrons. The van der Waals surface area contributed by atoms with Crippen LogP contribution >= 0.6 is 0 Å². The smallest absolute Gasteiger partial charge is 0.371 e. The van der Waals surface area contributed by atoms with E-state index in [2.05, 4.69) is 11.1 Å². The lowest BCUT2D eigenvalue weighted by Crippen LogP contribution is -2.19. The minimum atomic E-state index is -4.18. The van der Waals surface area contributed by atoms with Crippen LogP contribution in [0, 0.1) is 0 Å². The number of hydrogen-bond donors (Lipinski definition) is 1. The van der Waals surface area contributed by atoms with Crippen LogP contribution in [-0.4, -0.2) is 16.8 Å². The fourth-order valence-corrected chi connectivity index (χ4v) is 4.34. The van der Waals surface area contributed by atoms with Gasteiger partial charge in [0.15, 0.2) is 0 Å². The third-order valence-electron chi connectivity index (χ3n) is 3.42. The molecule has 0 bridgehead atoms. The van der Waals surface area contributed by atoms with E-state index in [0.717, 1.165) is 31.3 Å². The summed E-state index contributed by atoms with van der Waals surface area (Å²) >= 11 is 0. The van der Waals surface area contributed by atoms with Crippen molar-refractivity contribution in [3.05, 3.63) is 29.2 Å². The van der Waals surface area contributed by atoms with Gasteiger partial charge in [-0.05, 0) is 36.1 Å². The molecular formula is C14H19NO5S2. The van der Waals surface area contributed by atoms with Crippen LogP contribution in [0.5, 0.6) is 5.75 Å². The Morgan fingerprint density at radius 1 is 1.18 bits per heavy atom. The van der Waals surface area contributed by atoms with Crippen LogP contribution in [-0.2, 0) is 20.1 Å². The molecule has 0 saturated carbocycles. The number of hydrogen-bond acceptors (Lipinski definition) is 5. The monoisotopic (exact) mass is 345 g/mol. The number of benzene rings is 1. The Morgan fingerprint density at radius 2 is 1.91 bits per heavy atom. The van der Waals surface area contributed by atoms with E-state index < -0.39 is 20.1 Å². The lowest BCUT2D eigenvalue weighted by molar-refractivity contribution is 0.486. The van der Waals surface area contributed by atoms with Crippen molar-refractivity contribution in [2.24, 2.45) is 5.14 Å². The summed E-state index contributed by atoms with van der Waals surface area (Å²) in [4.78, 5) is 0.0686. The van der Waals surface area contributed by atoms with Gasteiger partial charge in [-0.1, -0.05) is 26.2 Å². The molecule has 1 aromatic rings. The van der Waals surface area contributed by atoms with E-state index in [4.69, 9.17) is 5.14 Å². The molecule has 2 rings (SSSR count). The molecule has 1 aromatic carbocycles. The third-order valence-corrected chi connectivity index (χ3v) is 5.39. The van der Waals surface area contributed by atoms with Gasteiger partial charge in [-0.2, -0.15) is 13.6 Å². The first kappa shape index (κ1) is 17.0. The third kappa shape index (κ3) is 4.08. The summed E-state index contributed by atoms with van der Waals surface area (Å²) in [7, 11) is -7.73. The van der Waals surface area contributed by atoms with E-state index >= 15 is 0 Å². The first-order valence-corrected chi connectivity index (χ1v) is 10.1. The molecule has 0 aromatic heterocycles. The summed E-state index contributed by atoms with van der Waals surface area (Å²) in [6.45, 7) is 2.11. The fourth-order valence-electron chi connectivity index (χ4n) is 2.44. The first-order valence-electron chi connectivity index (χ1n) is 7.05. The van der Waals surface area contributed by atoms with Gasteiger partial charge in [0.25, 0.3) is 0 Å². The van der Waals surface area contributed by atoms with Gasteiger partial charge in [0.05, 0.1) is 4.90 Å². The predicted molar refractivity (Wildman–Crippen MR) is 84.1 cm³/mol. The molecular weight excluding hydrogens is 326 g/mol. The molecule has 0 fully saturated rings. The molecule has 8 heteroatoms. The van der Waals surface area contributed by atoms with Crippen LogP contribution in [0.25, 0.3) is 5.57 Å². The van der Waals surface area contributed by atoms with Crippen molar-refractivity contribution >= 4 is 25.7 Å². The molecule has 0 aliphatic carbocycles. The van der Waals surface area contributed by atoms with Crippen LogP contribution in [0.4, 0.5) is 0 Å². The summed E-state index contributed by atoms with van der Waals surface area (Å²) in [6, 6.07) is 4.17. The summed E-state index contributed by atoms with van der Waals surface area (Å²) in [5.41, 5.74) is 1.37. The Bertz CT molecular complexity index is 795. The Labute approximate surface area is 131 Å². The van der Waals surface area contributed by atoms with Crippen molar-refractivity contribution in [3.8, 4) is 5.75 Å². The molecule has 22 heavy (non-hydrogen) atoms. The van der Waals surface area contributed by atoms with Gasteiger partial charge in [-0.3, -0.25) is 0 Å². The molecule has 0 spiro atoms. The lowest BCUT2D eigenvalue weighted by Gasteiger charge is -2.07. The minimum absolute atomic E-state index is 0.0686. The molecule has 0 atom stereocenters. The Kier molecular flexibility index (Phi) is 4.93. The SMILES string of the molecule is CCCCCCC1=CS(=O)(=O)c2cc(OS(N)(=O)=O)ccc21. The summed E-state index contributed by atoms with van der Waals surface area (Å²) in [5, 5.41) is 6.04. The van der Waals surface area contributed by atoms with Crippen LogP contribution < -0.4 is 9.32 Å². The Morgan fingerprint density at radius 3 is 2.55 bits per heavy atom. The average Bonchev–Trinajstić information content (AvgIpc) is 2.64. The van der Waals surface area contributed by atoms with E-state index in [9.17, 15) is 16.8 Å². The molecule has 1 aliphatic rings. The maximum atomic E-state index is 12.2. The van der Waals surface area contributed by atoms with Crippen LogP contribution in [0.3, 0.4) is 0 Å². The Balaban J connectivity index is 2.25. The zero-order chi connectivity index (χ0) is 16.4. The maximum Gasteiger partial charge on any atom is 0.380 e. The average molecular weight is 345 g/mol. The molecule has 1 heterocycles. The van der Waals surface area contributed by atoms with Crippen molar-refractivity contribution in [3.63, 3.8) is 0 Å². The van der Waals surface area contributed by atoms with Gasteiger partial charge in [-0.15, -0.1) is 0 Å². The molecule has 0 amide bonds. The number of nitrogens with two attached hydrogens (primary N) is 1. The molecule has 0 saturated heterocycles. The fraction of sp³-hybridized carbons (Fsp3) is 0.429. The largest absolute Gasteiger partial charge is 0.380 e. The molecule has 6 nitrogen and oxygen atoms in total. The van der Waals surface area contributed by atoms with Crippen molar-refractivity contribution in [2.75, 3.05) is 0 Å². The summed E-state index contributed by atoms with van der Waals surface area (Å²) in [6.07, 6.45) is 4.89. The molecule has 2 N–H and O–H groups in total.